The summed E-state index contributed by atoms with van der Waals surface area (Å²) in [5.74, 6) is 0.953. The number of carbonyl (C=O) groups is 1. The molecule has 1 N–H and O–H groups in total. The molecule has 1 unspecified atom stereocenters. The Morgan fingerprint density at radius 2 is 2.12 bits per heavy atom. The molecule has 1 aromatic rings. The van der Waals surface area contributed by atoms with Gasteiger partial charge in [0.15, 0.2) is 0 Å². The number of rotatable bonds is 6. The summed E-state index contributed by atoms with van der Waals surface area (Å²) in [6, 6.07) is 0.364. The van der Waals surface area contributed by atoms with Gasteiger partial charge in [0.25, 0.3) is 0 Å². The van der Waals surface area contributed by atoms with Gasteiger partial charge in [-0.3, -0.25) is 4.57 Å². The van der Waals surface area contributed by atoms with E-state index in [1.807, 2.05) is 23.3 Å². The highest BCUT2D eigenvalue weighted by molar-refractivity contribution is 5.74. The van der Waals surface area contributed by atoms with Crippen LogP contribution in [-0.4, -0.2) is 58.1 Å². The smallest absolute Gasteiger partial charge is 0.346 e. The number of nitrogens with one attached hydrogen (secondary N) is 1. The van der Waals surface area contributed by atoms with Gasteiger partial charge in [-0.05, 0) is 39.5 Å². The molecule has 25 heavy (non-hydrogen) atoms. The maximum Gasteiger partial charge on any atom is 0.346 e. The molecule has 8 nitrogen and oxygen atoms in total. The van der Waals surface area contributed by atoms with Crippen molar-refractivity contribution >= 4 is 6.03 Å². The van der Waals surface area contributed by atoms with E-state index < -0.39 is 0 Å². The van der Waals surface area contributed by atoms with Crippen molar-refractivity contribution in [2.24, 2.45) is 0 Å². The van der Waals surface area contributed by atoms with Crippen LogP contribution >= 0.6 is 0 Å². The zero-order valence-electron chi connectivity index (χ0n) is 15.4. The summed E-state index contributed by atoms with van der Waals surface area (Å²) in [6.45, 7) is 6.23. The lowest BCUT2D eigenvalue weighted by Crippen LogP contribution is -2.47. The Labute approximate surface area is 148 Å². The van der Waals surface area contributed by atoms with Crippen LogP contribution < -0.4 is 11.0 Å². The Bertz CT molecular complexity index is 662. The van der Waals surface area contributed by atoms with Gasteiger partial charge in [-0.25, -0.2) is 14.3 Å². The minimum absolute atomic E-state index is 0.0289. The number of likely N-dealkylation sites (tertiary alicyclic amines) is 1. The Kier molecular flexibility index (Phi) is 5.46. The quantitative estimate of drug-likeness (QED) is 0.838. The molecule has 3 rings (SSSR count). The van der Waals surface area contributed by atoms with Crippen molar-refractivity contribution in [3.63, 3.8) is 0 Å². The summed E-state index contributed by atoms with van der Waals surface area (Å²) >= 11 is 0. The number of ether oxygens (including phenoxy) is 1. The molecule has 1 aliphatic heterocycles. The van der Waals surface area contributed by atoms with E-state index in [1.54, 1.807) is 7.11 Å². The Morgan fingerprint density at radius 3 is 2.76 bits per heavy atom. The summed E-state index contributed by atoms with van der Waals surface area (Å²) in [6.07, 6.45) is 3.96. The van der Waals surface area contributed by atoms with E-state index in [2.05, 4.69) is 10.4 Å². The number of carbonyl (C=O) groups excluding carboxylic acids is 1. The van der Waals surface area contributed by atoms with Crippen molar-refractivity contribution in [3.8, 4) is 0 Å². The van der Waals surface area contributed by atoms with E-state index in [4.69, 9.17) is 4.74 Å². The van der Waals surface area contributed by atoms with Crippen LogP contribution in [0.4, 0.5) is 4.79 Å². The lowest BCUT2D eigenvalue weighted by atomic mass is 9.97. The number of amides is 2. The van der Waals surface area contributed by atoms with Crippen molar-refractivity contribution in [2.75, 3.05) is 26.8 Å². The van der Waals surface area contributed by atoms with Gasteiger partial charge >= 0.3 is 11.7 Å². The van der Waals surface area contributed by atoms with Crippen molar-refractivity contribution in [3.05, 3.63) is 16.3 Å². The number of hydrogen-bond donors (Lipinski definition) is 1. The molecule has 140 valence electrons. The van der Waals surface area contributed by atoms with E-state index in [0.717, 1.165) is 38.1 Å². The number of piperidine rings is 1. The van der Waals surface area contributed by atoms with Crippen LogP contribution in [0.2, 0.25) is 0 Å². The van der Waals surface area contributed by atoms with Gasteiger partial charge in [-0.2, -0.15) is 5.10 Å². The Balaban J connectivity index is 1.80. The lowest BCUT2D eigenvalue weighted by Gasteiger charge is -2.32. The van der Waals surface area contributed by atoms with Crippen LogP contribution in [0.5, 0.6) is 0 Å². The molecule has 2 aliphatic rings. The molecule has 1 saturated heterocycles. The minimum Gasteiger partial charge on any atom is -0.383 e. The monoisotopic (exact) mass is 351 g/mol. The van der Waals surface area contributed by atoms with E-state index >= 15 is 0 Å². The van der Waals surface area contributed by atoms with Gasteiger partial charge in [-0.1, -0.05) is 0 Å². The first-order valence-electron chi connectivity index (χ1n) is 9.25. The first kappa shape index (κ1) is 18.0. The van der Waals surface area contributed by atoms with E-state index in [9.17, 15) is 9.59 Å². The van der Waals surface area contributed by atoms with Gasteiger partial charge in [0.05, 0.1) is 13.2 Å². The van der Waals surface area contributed by atoms with Crippen LogP contribution in [0.1, 0.15) is 57.3 Å². The second kappa shape index (κ2) is 7.59. The summed E-state index contributed by atoms with van der Waals surface area (Å²) in [5.41, 5.74) is -0.0432. The highest BCUT2D eigenvalue weighted by atomic mass is 16.5. The SMILES string of the molecule is COCCn1nc(C2CCCN(C(=O)NC(C)C)C2)n(C2CC2)c1=O. The fourth-order valence-electron chi connectivity index (χ4n) is 3.43. The average molecular weight is 351 g/mol. The highest BCUT2D eigenvalue weighted by Gasteiger charge is 2.35. The molecule has 2 fully saturated rings. The summed E-state index contributed by atoms with van der Waals surface area (Å²) in [5, 5.41) is 7.57. The van der Waals surface area contributed by atoms with Gasteiger partial charge in [0, 0.05) is 38.2 Å². The van der Waals surface area contributed by atoms with Gasteiger partial charge in [0.1, 0.15) is 5.82 Å². The van der Waals surface area contributed by atoms with Crippen LogP contribution in [0.25, 0.3) is 0 Å². The van der Waals surface area contributed by atoms with Crippen LogP contribution in [0.15, 0.2) is 4.79 Å². The molecule has 0 spiro atoms. The van der Waals surface area contributed by atoms with Gasteiger partial charge in [0.2, 0.25) is 0 Å². The first-order chi connectivity index (χ1) is 12.0. The maximum absolute atomic E-state index is 12.7. The molecule has 8 heteroatoms. The van der Waals surface area contributed by atoms with E-state index in [-0.39, 0.29) is 29.7 Å². The number of aromatic nitrogens is 3. The van der Waals surface area contributed by atoms with E-state index in [0.29, 0.717) is 19.7 Å². The normalized spacial score (nSPS) is 21.0. The predicted molar refractivity (Wildman–Crippen MR) is 93.8 cm³/mol. The molecule has 2 heterocycles. The molecule has 1 saturated carbocycles. The molecule has 0 radical (unpaired) electrons. The average Bonchev–Trinajstić information content (AvgIpc) is 3.36. The number of methoxy groups -OCH3 is 1. The van der Waals surface area contributed by atoms with Gasteiger partial charge in [-0.15, -0.1) is 0 Å². The zero-order chi connectivity index (χ0) is 18.0. The zero-order valence-corrected chi connectivity index (χ0v) is 15.4. The lowest BCUT2D eigenvalue weighted by molar-refractivity contribution is 0.174. The van der Waals surface area contributed by atoms with Crippen LogP contribution in [-0.2, 0) is 11.3 Å². The standard InChI is InChI=1S/C17H29N5O3/c1-12(2)18-16(23)20-8-4-5-13(11-20)15-19-21(9-10-25-3)17(24)22(15)14-6-7-14/h12-14H,4-11H2,1-3H3,(H,18,23). The fourth-order valence-corrected chi connectivity index (χ4v) is 3.43. The number of nitrogens with zero attached hydrogens (tertiary/aromatic N) is 4. The number of urea groups is 1. The van der Waals surface area contributed by atoms with Crippen molar-refractivity contribution in [1.29, 1.82) is 0 Å². The van der Waals surface area contributed by atoms with Crippen LogP contribution in [0, 0.1) is 0 Å². The third-order valence-corrected chi connectivity index (χ3v) is 4.80. The Morgan fingerprint density at radius 1 is 1.36 bits per heavy atom. The Hall–Kier alpha value is -1.83. The van der Waals surface area contributed by atoms with Crippen molar-refractivity contribution in [1.82, 2.24) is 24.6 Å². The summed E-state index contributed by atoms with van der Waals surface area (Å²) < 4.78 is 8.47. The molecule has 1 aliphatic carbocycles. The third kappa shape index (κ3) is 4.05. The molecule has 0 aromatic carbocycles. The number of hydrogen-bond acceptors (Lipinski definition) is 4. The maximum atomic E-state index is 12.7. The molecular weight excluding hydrogens is 322 g/mol. The minimum atomic E-state index is -0.0432. The molecule has 0 bridgehead atoms. The molecular formula is C17H29N5O3. The van der Waals surface area contributed by atoms with Gasteiger partial charge < -0.3 is 15.0 Å². The fraction of sp³-hybridized carbons (Fsp3) is 0.824. The molecule has 2 amide bonds. The largest absolute Gasteiger partial charge is 0.383 e. The topological polar surface area (TPSA) is 81.4 Å². The summed E-state index contributed by atoms with van der Waals surface area (Å²) in [7, 11) is 1.62. The van der Waals surface area contributed by atoms with Crippen LogP contribution in [0.3, 0.4) is 0 Å². The first-order valence-corrected chi connectivity index (χ1v) is 9.25. The molecule has 1 aromatic heterocycles. The van der Waals surface area contributed by atoms with E-state index in [1.165, 1.54) is 4.68 Å². The highest BCUT2D eigenvalue weighted by Crippen LogP contribution is 2.37. The predicted octanol–water partition coefficient (Wildman–Crippen LogP) is 1.32. The molecule has 1 atom stereocenters. The second-order valence-electron chi connectivity index (χ2n) is 7.35. The van der Waals surface area contributed by atoms with Crippen molar-refractivity contribution in [2.45, 2.75) is 64.1 Å². The third-order valence-electron chi connectivity index (χ3n) is 4.80. The summed E-state index contributed by atoms with van der Waals surface area (Å²) in [4.78, 5) is 26.9. The van der Waals surface area contributed by atoms with Crippen molar-refractivity contribution < 1.29 is 9.53 Å². The second-order valence-corrected chi connectivity index (χ2v) is 7.35.